The van der Waals surface area contributed by atoms with E-state index in [0.717, 1.165) is 62.5 Å². The molecular formula is C45H65NO8. The monoisotopic (exact) mass is 747 g/mol. The third kappa shape index (κ3) is 14.7. The van der Waals surface area contributed by atoms with Gasteiger partial charge in [0.05, 0.1) is 26.3 Å². The van der Waals surface area contributed by atoms with E-state index in [1.165, 1.54) is 41.4 Å². The van der Waals surface area contributed by atoms with Crippen LogP contribution in [0.1, 0.15) is 141 Å². The molecule has 1 atom stereocenters. The Balaban J connectivity index is 2.38. The second-order valence-corrected chi connectivity index (χ2v) is 14.9. The van der Waals surface area contributed by atoms with E-state index >= 15 is 0 Å². The van der Waals surface area contributed by atoms with Crippen molar-refractivity contribution in [3.8, 4) is 17.2 Å². The van der Waals surface area contributed by atoms with E-state index in [1.807, 2.05) is 26.0 Å². The predicted octanol–water partition coefficient (Wildman–Crippen LogP) is 10.3. The molecule has 0 radical (unpaired) electrons. The molecule has 9 heteroatoms. The zero-order valence-corrected chi connectivity index (χ0v) is 34.5. The van der Waals surface area contributed by atoms with Gasteiger partial charge in [-0.3, -0.25) is 9.59 Å². The minimum absolute atomic E-state index is 0.0287. The van der Waals surface area contributed by atoms with Gasteiger partial charge in [-0.05, 0) is 126 Å². The summed E-state index contributed by atoms with van der Waals surface area (Å²) >= 11 is 0. The van der Waals surface area contributed by atoms with Crippen molar-refractivity contribution in [2.24, 2.45) is 0 Å². The molecule has 9 nitrogen and oxygen atoms in total. The fourth-order valence-electron chi connectivity index (χ4n) is 6.31. The second kappa shape index (κ2) is 23.3. The lowest BCUT2D eigenvalue weighted by Crippen LogP contribution is -2.42. The highest BCUT2D eigenvalue weighted by atomic mass is 16.5. The first-order valence-corrected chi connectivity index (χ1v) is 19.2. The summed E-state index contributed by atoms with van der Waals surface area (Å²) < 4.78 is 15.8. The molecule has 298 valence electrons. The summed E-state index contributed by atoms with van der Waals surface area (Å²) in [5, 5.41) is 23.1. The summed E-state index contributed by atoms with van der Waals surface area (Å²) in [6, 6.07) is -1.10. The normalized spacial score (nSPS) is 14.1. The number of benzene rings is 1. The van der Waals surface area contributed by atoms with Gasteiger partial charge in [0, 0.05) is 17.5 Å². The summed E-state index contributed by atoms with van der Waals surface area (Å²) in [4.78, 5) is 40.2. The number of amides is 1. The molecule has 1 aromatic carbocycles. The Morgan fingerprint density at radius 1 is 0.685 bits per heavy atom. The van der Waals surface area contributed by atoms with Gasteiger partial charge in [-0.2, -0.15) is 0 Å². The zero-order chi connectivity index (χ0) is 40.4. The number of fused-ring (bicyclic) bond motifs is 1. The topological polar surface area (TPSA) is 123 Å². The Bertz CT molecular complexity index is 1650. The number of aromatic hydroxyl groups is 2. The maximum atomic E-state index is 14.1. The van der Waals surface area contributed by atoms with Gasteiger partial charge >= 0.3 is 11.9 Å². The Hall–Kier alpha value is -4.53. The first-order chi connectivity index (χ1) is 25.6. The number of carbonyl (C=O) groups is 3. The second-order valence-electron chi connectivity index (χ2n) is 14.9. The van der Waals surface area contributed by atoms with Crippen molar-refractivity contribution in [1.82, 2.24) is 4.90 Å². The van der Waals surface area contributed by atoms with Crippen molar-refractivity contribution >= 4 is 17.8 Å². The molecule has 0 fully saturated rings. The lowest BCUT2D eigenvalue weighted by molar-refractivity contribution is -0.147. The van der Waals surface area contributed by atoms with E-state index in [9.17, 15) is 24.6 Å². The number of esters is 2. The molecule has 0 bridgehead atoms. The van der Waals surface area contributed by atoms with Crippen LogP contribution < -0.4 is 4.74 Å². The molecule has 54 heavy (non-hydrogen) atoms. The smallest absolute Gasteiger partial charge is 0.328 e. The summed E-state index contributed by atoms with van der Waals surface area (Å²) in [6.07, 6.45) is 20.5. The van der Waals surface area contributed by atoms with Crippen LogP contribution in [0.2, 0.25) is 0 Å². The van der Waals surface area contributed by atoms with Crippen LogP contribution in [0.25, 0.3) is 0 Å². The molecular weight excluding hydrogens is 682 g/mol. The largest absolute Gasteiger partial charge is 0.504 e. The van der Waals surface area contributed by atoms with Gasteiger partial charge in [0.1, 0.15) is 12.6 Å². The number of hydrogen-bond donors (Lipinski definition) is 2. The van der Waals surface area contributed by atoms with Gasteiger partial charge in [0.2, 0.25) is 5.75 Å². The Morgan fingerprint density at radius 3 is 1.69 bits per heavy atom. The van der Waals surface area contributed by atoms with Crippen LogP contribution >= 0.6 is 0 Å². The number of nitrogens with zero attached hydrogens (tertiary/aromatic N) is 1. The SMILES string of the molecule is COC(=O)CC[C@@H](C(=O)OC)N1Cc2c(O)c(OC/C=C(\C)CC/C=C(\C)CCC=C(C)C)c(O)c(C/C=C(\C)CC/C=C(\C)CCC=C(C)C)c2C1=O. The number of allylic oxidation sites excluding steroid dienone is 11. The molecule has 2 N–H and O–H groups in total. The molecule has 2 rings (SSSR count). The summed E-state index contributed by atoms with van der Waals surface area (Å²) in [7, 11) is 2.47. The third-order valence-corrected chi connectivity index (χ3v) is 9.67. The summed E-state index contributed by atoms with van der Waals surface area (Å²) in [5.41, 5.74) is 8.21. The van der Waals surface area contributed by atoms with Crippen LogP contribution in [0, 0.1) is 0 Å². The number of phenolic OH excluding ortho intramolecular Hbond substituents is 2. The van der Waals surface area contributed by atoms with Crippen molar-refractivity contribution in [3.63, 3.8) is 0 Å². The highest BCUT2D eigenvalue weighted by Crippen LogP contribution is 2.48. The van der Waals surface area contributed by atoms with Gasteiger partial charge in [-0.15, -0.1) is 0 Å². The van der Waals surface area contributed by atoms with E-state index in [-0.39, 0.29) is 60.8 Å². The summed E-state index contributed by atoms with van der Waals surface area (Å²) in [6.45, 7) is 16.7. The van der Waals surface area contributed by atoms with Gasteiger partial charge < -0.3 is 29.3 Å². The van der Waals surface area contributed by atoms with Crippen LogP contribution in [0.5, 0.6) is 17.2 Å². The van der Waals surface area contributed by atoms with Crippen molar-refractivity contribution in [2.45, 2.75) is 139 Å². The van der Waals surface area contributed by atoms with Crippen molar-refractivity contribution in [2.75, 3.05) is 20.8 Å². The maximum absolute atomic E-state index is 14.1. The van der Waals surface area contributed by atoms with Gasteiger partial charge in [-0.1, -0.05) is 63.8 Å². The molecule has 1 aliphatic heterocycles. The Labute approximate surface area is 324 Å². The molecule has 0 spiro atoms. The molecule has 1 heterocycles. The van der Waals surface area contributed by atoms with Gasteiger partial charge in [-0.25, -0.2) is 4.79 Å². The zero-order valence-electron chi connectivity index (χ0n) is 34.5. The Kier molecular flexibility index (Phi) is 19.7. The molecule has 0 aliphatic carbocycles. The summed E-state index contributed by atoms with van der Waals surface area (Å²) in [5.74, 6) is -2.54. The fraction of sp³-hybridized carbons (Fsp3) is 0.533. The average molecular weight is 748 g/mol. The van der Waals surface area contributed by atoms with Crippen LogP contribution in [-0.4, -0.2) is 59.8 Å². The maximum Gasteiger partial charge on any atom is 0.328 e. The fourth-order valence-corrected chi connectivity index (χ4v) is 6.31. The van der Waals surface area contributed by atoms with E-state index in [4.69, 9.17) is 14.2 Å². The van der Waals surface area contributed by atoms with E-state index in [1.54, 1.807) is 0 Å². The van der Waals surface area contributed by atoms with E-state index < -0.39 is 23.9 Å². The number of methoxy groups -OCH3 is 2. The quantitative estimate of drug-likeness (QED) is 0.0888. The molecule has 0 aromatic heterocycles. The van der Waals surface area contributed by atoms with Crippen molar-refractivity contribution < 1.29 is 38.8 Å². The standard InChI is InChI=1S/C45H65NO8/c1-30(2)15-11-17-32(5)19-13-21-34(7)23-24-36-40-37(29-46(44(40)50)38(45(51)53-10)25-26-39(47)52-9)42(49)43(41(36)48)54-28-27-35(8)22-14-20-33(6)18-12-16-31(3)4/h15-16,19-20,23,27,38,48-49H,11-14,17-18,21-22,24-26,28-29H2,1-10H3/b32-19+,33-20+,34-23+,35-27+/t38-/m0/s1. The average Bonchev–Trinajstić information content (AvgIpc) is 3.45. The first kappa shape index (κ1) is 45.6. The first-order valence-electron chi connectivity index (χ1n) is 19.2. The van der Waals surface area contributed by atoms with Crippen LogP contribution in [0.4, 0.5) is 0 Å². The molecule has 0 unspecified atom stereocenters. The van der Waals surface area contributed by atoms with Gasteiger partial charge in [0.25, 0.3) is 5.91 Å². The number of rotatable bonds is 22. The van der Waals surface area contributed by atoms with Crippen LogP contribution in [-0.2, 0) is 32.0 Å². The van der Waals surface area contributed by atoms with Crippen LogP contribution in [0.15, 0.2) is 69.9 Å². The molecule has 1 amide bonds. The van der Waals surface area contributed by atoms with Crippen molar-refractivity contribution in [3.05, 3.63) is 86.6 Å². The minimum Gasteiger partial charge on any atom is -0.504 e. The number of hydrogen-bond acceptors (Lipinski definition) is 8. The molecule has 0 saturated heterocycles. The van der Waals surface area contributed by atoms with Crippen molar-refractivity contribution in [1.29, 1.82) is 0 Å². The van der Waals surface area contributed by atoms with E-state index in [2.05, 4.69) is 65.8 Å². The number of carbonyl (C=O) groups excluding carboxylic acids is 3. The molecule has 0 saturated carbocycles. The number of phenols is 2. The highest BCUT2D eigenvalue weighted by molar-refractivity contribution is 6.04. The highest BCUT2D eigenvalue weighted by Gasteiger charge is 2.42. The minimum atomic E-state index is -1.10. The van der Waals surface area contributed by atoms with Crippen LogP contribution in [0.3, 0.4) is 0 Å². The molecule has 1 aromatic rings. The lowest BCUT2D eigenvalue weighted by Gasteiger charge is -2.25. The van der Waals surface area contributed by atoms with Gasteiger partial charge in [0.15, 0.2) is 11.5 Å². The Morgan fingerprint density at radius 2 is 1.19 bits per heavy atom. The predicted molar refractivity (Wildman–Crippen MR) is 217 cm³/mol. The van der Waals surface area contributed by atoms with E-state index in [0.29, 0.717) is 5.56 Å². The third-order valence-electron chi connectivity index (χ3n) is 9.67. The number of ether oxygens (including phenoxy) is 3. The molecule has 1 aliphatic rings. The lowest BCUT2D eigenvalue weighted by atomic mass is 9.96.